The molecule has 0 aliphatic carbocycles. The number of halogens is 1. The van der Waals surface area contributed by atoms with Crippen LogP contribution in [0.25, 0.3) is 0 Å². The van der Waals surface area contributed by atoms with Crippen molar-refractivity contribution in [1.29, 1.82) is 0 Å². The first-order valence-electron chi connectivity index (χ1n) is 12.5. The number of piperidine rings is 1. The molecule has 3 unspecified atom stereocenters. The highest BCUT2D eigenvalue weighted by Crippen LogP contribution is 2.30. The predicted molar refractivity (Wildman–Crippen MR) is 142 cm³/mol. The van der Waals surface area contributed by atoms with Crippen LogP contribution in [0.5, 0.6) is 11.7 Å². The molecule has 5 rings (SSSR count). The minimum Gasteiger partial charge on any atom is -0.424 e. The van der Waals surface area contributed by atoms with Gasteiger partial charge < -0.3 is 41.7 Å². The van der Waals surface area contributed by atoms with Gasteiger partial charge >= 0.3 is 0 Å². The molecular weight excluding hydrogens is 560 g/mol. The molecule has 218 valence electrons. The van der Waals surface area contributed by atoms with Crippen LogP contribution in [0.1, 0.15) is 23.4 Å². The van der Waals surface area contributed by atoms with Crippen LogP contribution in [-0.4, -0.2) is 70.4 Å². The van der Waals surface area contributed by atoms with Crippen LogP contribution < -0.4 is 43.5 Å². The van der Waals surface area contributed by atoms with Crippen molar-refractivity contribution in [1.82, 2.24) is 36.2 Å². The van der Waals surface area contributed by atoms with Gasteiger partial charge in [-0.15, -0.1) is 10.2 Å². The zero-order valence-corrected chi connectivity index (χ0v) is 22.4. The van der Waals surface area contributed by atoms with Gasteiger partial charge in [-0.1, -0.05) is 22.0 Å². The lowest BCUT2D eigenvalue weighted by Gasteiger charge is -2.39. The minimum absolute atomic E-state index is 0.00707. The normalized spacial score (nSPS) is 24.5. The van der Waals surface area contributed by atoms with Crippen LogP contribution in [0.15, 0.2) is 72.7 Å². The van der Waals surface area contributed by atoms with E-state index in [-0.39, 0.29) is 28.6 Å². The van der Waals surface area contributed by atoms with Gasteiger partial charge in [0, 0.05) is 37.4 Å². The van der Waals surface area contributed by atoms with Gasteiger partial charge in [0.05, 0.1) is 6.20 Å². The number of nitrogens with one attached hydrogen (secondary N) is 4. The molecule has 18 nitrogen and oxygen atoms in total. The molecular formula is C22H29ClN14O4. The summed E-state index contributed by atoms with van der Waals surface area (Å²) >= 11 is 6.16. The predicted octanol–water partition coefficient (Wildman–Crippen LogP) is -0.475. The molecule has 0 bridgehead atoms. The molecule has 2 aromatic rings. The fraction of sp³-hybridized carbons (Fsp3) is 0.409. The maximum absolute atomic E-state index is 13.2. The third-order valence-corrected chi connectivity index (χ3v) is 7.20. The first-order chi connectivity index (χ1) is 19.8. The molecule has 3 aliphatic rings. The van der Waals surface area contributed by atoms with E-state index in [2.05, 4.69) is 46.9 Å². The van der Waals surface area contributed by atoms with Crippen molar-refractivity contribution in [3.8, 4) is 11.7 Å². The minimum atomic E-state index is -1.00. The zero-order chi connectivity index (χ0) is 29.0. The topological polar surface area (TPSA) is 252 Å². The summed E-state index contributed by atoms with van der Waals surface area (Å²) in [4.78, 5) is 31.9. The molecule has 2 fully saturated rings. The molecule has 19 heteroatoms. The van der Waals surface area contributed by atoms with Crippen molar-refractivity contribution in [2.24, 2.45) is 38.2 Å². The van der Waals surface area contributed by atoms with Crippen LogP contribution in [0.3, 0.4) is 0 Å². The lowest BCUT2D eigenvalue weighted by molar-refractivity contribution is -0.125. The second-order valence-corrected chi connectivity index (χ2v) is 9.91. The molecule has 3 aliphatic heterocycles. The van der Waals surface area contributed by atoms with E-state index >= 15 is 0 Å². The number of hydrogen-bond acceptors (Lipinski definition) is 14. The third kappa shape index (κ3) is 6.14. The number of nitrogens with zero attached hydrogens (tertiary/aromatic N) is 7. The number of pyridine rings is 1. The fourth-order valence-corrected chi connectivity index (χ4v) is 5.10. The van der Waals surface area contributed by atoms with E-state index in [1.54, 1.807) is 41.6 Å². The van der Waals surface area contributed by atoms with E-state index in [0.29, 0.717) is 38.2 Å². The molecule has 0 radical (unpaired) electrons. The van der Waals surface area contributed by atoms with Gasteiger partial charge in [-0.05, 0) is 31.0 Å². The van der Waals surface area contributed by atoms with Crippen molar-refractivity contribution in [3.05, 3.63) is 53.4 Å². The van der Waals surface area contributed by atoms with Crippen molar-refractivity contribution in [3.63, 3.8) is 0 Å². The molecule has 0 saturated carbocycles. The Kier molecular flexibility index (Phi) is 8.15. The Bertz CT molecular complexity index is 1340. The number of carbonyl (C=O) groups excluding carboxylic acids is 2. The summed E-state index contributed by atoms with van der Waals surface area (Å²) in [6.45, 7) is 1.34. The fourth-order valence-electron chi connectivity index (χ4n) is 4.89. The summed E-state index contributed by atoms with van der Waals surface area (Å²) in [6.07, 6.45) is 2.71. The highest BCUT2D eigenvalue weighted by Gasteiger charge is 2.46. The molecule has 10 N–H and O–H groups in total. The molecule has 41 heavy (non-hydrogen) atoms. The Morgan fingerprint density at radius 3 is 2.71 bits per heavy atom. The van der Waals surface area contributed by atoms with E-state index in [9.17, 15) is 9.59 Å². The maximum Gasteiger partial charge on any atom is 0.290 e. The van der Waals surface area contributed by atoms with E-state index in [1.807, 2.05) is 0 Å². The summed E-state index contributed by atoms with van der Waals surface area (Å²) in [5.74, 6) is 16.8. The van der Waals surface area contributed by atoms with E-state index < -0.39 is 29.9 Å². The number of likely N-dealkylation sites (tertiary alicyclic amines) is 1. The van der Waals surface area contributed by atoms with Crippen LogP contribution in [0.4, 0.5) is 0 Å². The molecule has 1 spiro atoms. The number of rotatable bonds is 7. The highest BCUT2D eigenvalue weighted by atomic mass is 35.5. The second-order valence-electron chi connectivity index (χ2n) is 9.53. The summed E-state index contributed by atoms with van der Waals surface area (Å²) in [6, 6.07) is 5.63. The first kappa shape index (κ1) is 28.0. The van der Waals surface area contributed by atoms with E-state index in [4.69, 9.17) is 38.3 Å². The van der Waals surface area contributed by atoms with Crippen LogP contribution >= 0.6 is 11.6 Å². The van der Waals surface area contributed by atoms with Crippen molar-refractivity contribution >= 4 is 23.4 Å². The van der Waals surface area contributed by atoms with Gasteiger partial charge in [-0.2, -0.15) is 0 Å². The number of aromatic nitrogens is 1. The highest BCUT2D eigenvalue weighted by molar-refractivity contribution is 6.29. The Morgan fingerprint density at radius 2 is 2.00 bits per heavy atom. The summed E-state index contributed by atoms with van der Waals surface area (Å²) in [5.41, 5.74) is -0.429. The van der Waals surface area contributed by atoms with Crippen molar-refractivity contribution in [2.75, 3.05) is 19.6 Å². The largest absolute Gasteiger partial charge is 0.424 e. The SMILES string of the molecule is NN=NC1=C(Cl)NC(C(=O)NC2NC3(CCN(C(=O)c4ccc(Oc5cccnc5)o4)CC3)CN2N)C(N=NN)N1. The average Bonchev–Trinajstić information content (AvgIpc) is 3.55. The molecule has 5 heterocycles. The van der Waals surface area contributed by atoms with Gasteiger partial charge in [-0.3, -0.25) is 25.7 Å². The number of hydrazine groups is 1. The van der Waals surface area contributed by atoms with Crippen molar-refractivity contribution < 1.29 is 18.7 Å². The Balaban J connectivity index is 1.16. The van der Waals surface area contributed by atoms with Crippen LogP contribution in [0, 0.1) is 0 Å². The second kappa shape index (κ2) is 11.9. The Morgan fingerprint density at radius 1 is 1.20 bits per heavy atom. The average molecular weight is 589 g/mol. The first-order valence-corrected chi connectivity index (χ1v) is 12.9. The molecule has 2 amide bonds. The summed E-state index contributed by atoms with van der Waals surface area (Å²) in [5, 5.41) is 27.2. The van der Waals surface area contributed by atoms with Gasteiger partial charge in [0.25, 0.3) is 11.9 Å². The number of ether oxygens (including phenoxy) is 1. The Hall–Kier alpha value is -4.52. The smallest absolute Gasteiger partial charge is 0.290 e. The molecule has 2 aromatic heterocycles. The summed E-state index contributed by atoms with van der Waals surface area (Å²) in [7, 11) is 0. The summed E-state index contributed by atoms with van der Waals surface area (Å²) < 4.78 is 11.2. The number of hydrogen-bond donors (Lipinski definition) is 7. The third-order valence-electron chi connectivity index (χ3n) is 6.91. The molecule has 3 atom stereocenters. The standard InChI is InChI=1S/C22H29ClN14O4/c23-16-18(33-35-25)29-17(32-34-24)15(28-16)19(38)30-21-31-22(11-37(21)26)5-8-36(9-6-22)20(39)13-3-4-14(41-13)40-12-2-1-7-27-10-12/h1-4,7,10,15,17,21,28-29,31H,5-6,8-9,11,26H2,(H2,24,32)(H2,25,33)(H,30,38). The van der Waals surface area contributed by atoms with E-state index in [0.717, 1.165) is 0 Å². The zero-order valence-electron chi connectivity index (χ0n) is 21.6. The number of carbonyl (C=O) groups is 2. The molecule has 0 aromatic carbocycles. The quantitative estimate of drug-likeness (QED) is 0.0937. The maximum atomic E-state index is 13.2. The number of furan rings is 1. The van der Waals surface area contributed by atoms with Crippen LogP contribution in [0.2, 0.25) is 0 Å². The lowest BCUT2D eigenvalue weighted by Crippen LogP contribution is -2.63. The van der Waals surface area contributed by atoms with Gasteiger partial charge in [0.15, 0.2) is 17.7 Å². The monoisotopic (exact) mass is 588 g/mol. The van der Waals surface area contributed by atoms with Gasteiger partial charge in [0.2, 0.25) is 5.91 Å². The van der Waals surface area contributed by atoms with Crippen molar-refractivity contribution in [2.45, 2.75) is 36.9 Å². The van der Waals surface area contributed by atoms with Gasteiger partial charge in [-0.25, -0.2) is 5.01 Å². The molecule has 2 saturated heterocycles. The Labute approximate surface area is 238 Å². The number of nitrogens with two attached hydrogens (primary N) is 3. The van der Waals surface area contributed by atoms with E-state index in [1.165, 1.54) is 5.01 Å². The lowest BCUT2D eigenvalue weighted by atomic mass is 9.88. The van der Waals surface area contributed by atoms with Crippen LogP contribution in [-0.2, 0) is 4.79 Å². The number of amides is 2. The van der Waals surface area contributed by atoms with Gasteiger partial charge in [0.1, 0.15) is 23.2 Å².